The van der Waals surface area contributed by atoms with Crippen molar-refractivity contribution in [2.75, 3.05) is 57.1 Å². The molecule has 0 amide bonds. The van der Waals surface area contributed by atoms with Gasteiger partial charge in [-0.15, -0.1) is 0 Å². The second kappa shape index (κ2) is 7.13. The van der Waals surface area contributed by atoms with Gasteiger partial charge in [-0.05, 0) is 19.0 Å². The summed E-state index contributed by atoms with van der Waals surface area (Å²) in [5, 5.41) is 6.24. The van der Waals surface area contributed by atoms with Crippen LogP contribution in [0, 0.1) is 0 Å². The monoisotopic (exact) mass is 251 g/mol. The van der Waals surface area contributed by atoms with Crippen LogP contribution in [0.5, 0.6) is 0 Å². The van der Waals surface area contributed by atoms with E-state index in [0.29, 0.717) is 5.95 Å². The Morgan fingerprint density at radius 1 is 1.39 bits per heavy atom. The van der Waals surface area contributed by atoms with Gasteiger partial charge in [0.15, 0.2) is 0 Å². The Balaban J connectivity index is 1.65. The molecule has 2 rings (SSSR count). The Hall–Kier alpha value is -1.40. The molecule has 2 N–H and O–H groups in total. The molecule has 1 aromatic heterocycles. The zero-order valence-corrected chi connectivity index (χ0v) is 10.9. The summed E-state index contributed by atoms with van der Waals surface area (Å²) in [6, 6.07) is 1.88. The quantitative estimate of drug-likeness (QED) is 0.724. The van der Waals surface area contributed by atoms with Gasteiger partial charge in [-0.25, -0.2) is 4.98 Å². The first-order valence-electron chi connectivity index (χ1n) is 6.43. The minimum absolute atomic E-state index is 0.646. The molecule has 1 aliphatic rings. The predicted molar refractivity (Wildman–Crippen MR) is 71.9 cm³/mol. The standard InChI is InChI=1S/C12H21N5O/c1-13-12-15-5-3-11(16-12)14-4-2-6-17-7-9-18-10-8-17/h3,5H,2,4,6-10H2,1H3,(H2,13,14,15,16). The van der Waals surface area contributed by atoms with Crippen LogP contribution in [0.25, 0.3) is 0 Å². The third-order valence-corrected chi connectivity index (χ3v) is 2.94. The maximum absolute atomic E-state index is 5.32. The van der Waals surface area contributed by atoms with Crippen LogP contribution in [-0.4, -0.2) is 61.3 Å². The molecule has 0 spiro atoms. The van der Waals surface area contributed by atoms with Gasteiger partial charge in [-0.1, -0.05) is 0 Å². The molecule has 6 heteroatoms. The second-order valence-corrected chi connectivity index (χ2v) is 4.25. The lowest BCUT2D eigenvalue weighted by Gasteiger charge is -2.26. The molecular weight excluding hydrogens is 230 g/mol. The summed E-state index contributed by atoms with van der Waals surface area (Å²) in [7, 11) is 1.82. The fraction of sp³-hybridized carbons (Fsp3) is 0.667. The first kappa shape index (κ1) is 13.0. The zero-order valence-electron chi connectivity index (χ0n) is 10.9. The van der Waals surface area contributed by atoms with Gasteiger partial charge < -0.3 is 15.4 Å². The average molecular weight is 251 g/mol. The minimum atomic E-state index is 0.646. The van der Waals surface area contributed by atoms with E-state index in [0.717, 1.165) is 51.6 Å². The lowest BCUT2D eigenvalue weighted by atomic mass is 10.3. The van der Waals surface area contributed by atoms with Crippen molar-refractivity contribution >= 4 is 11.8 Å². The van der Waals surface area contributed by atoms with E-state index in [-0.39, 0.29) is 0 Å². The highest BCUT2D eigenvalue weighted by Gasteiger charge is 2.08. The van der Waals surface area contributed by atoms with Crippen molar-refractivity contribution < 1.29 is 4.74 Å². The summed E-state index contributed by atoms with van der Waals surface area (Å²) >= 11 is 0. The predicted octanol–water partition coefficient (Wildman–Crippen LogP) is 0.652. The fourth-order valence-electron chi connectivity index (χ4n) is 1.92. The lowest BCUT2D eigenvalue weighted by molar-refractivity contribution is 0.0378. The number of hydrogen-bond donors (Lipinski definition) is 2. The first-order chi connectivity index (χ1) is 8.88. The van der Waals surface area contributed by atoms with Crippen LogP contribution in [0.1, 0.15) is 6.42 Å². The van der Waals surface area contributed by atoms with Crippen LogP contribution in [0.3, 0.4) is 0 Å². The van der Waals surface area contributed by atoms with Gasteiger partial charge in [-0.3, -0.25) is 4.90 Å². The van der Waals surface area contributed by atoms with E-state index in [1.807, 2.05) is 13.1 Å². The molecule has 0 unspecified atom stereocenters. The summed E-state index contributed by atoms with van der Waals surface area (Å²) in [6.45, 7) is 5.88. The Kier molecular flexibility index (Phi) is 5.16. The van der Waals surface area contributed by atoms with Crippen molar-refractivity contribution in [3.05, 3.63) is 12.3 Å². The van der Waals surface area contributed by atoms with Gasteiger partial charge in [0, 0.05) is 32.9 Å². The molecule has 0 saturated carbocycles. The average Bonchev–Trinajstić information content (AvgIpc) is 2.45. The largest absolute Gasteiger partial charge is 0.379 e. The first-order valence-corrected chi connectivity index (χ1v) is 6.43. The van der Waals surface area contributed by atoms with Crippen LogP contribution < -0.4 is 10.6 Å². The van der Waals surface area contributed by atoms with Gasteiger partial charge in [0.05, 0.1) is 13.2 Å². The van der Waals surface area contributed by atoms with Gasteiger partial charge in [0.1, 0.15) is 5.82 Å². The summed E-state index contributed by atoms with van der Waals surface area (Å²) in [5.74, 6) is 1.52. The minimum Gasteiger partial charge on any atom is -0.379 e. The number of rotatable bonds is 6. The van der Waals surface area contributed by atoms with Crippen LogP contribution in [0.4, 0.5) is 11.8 Å². The molecule has 0 atom stereocenters. The third kappa shape index (κ3) is 4.12. The molecule has 2 heterocycles. The van der Waals surface area contributed by atoms with Crippen molar-refractivity contribution in [1.29, 1.82) is 0 Å². The molecule has 0 bridgehead atoms. The van der Waals surface area contributed by atoms with Crippen LogP contribution in [0.2, 0.25) is 0 Å². The van der Waals surface area contributed by atoms with Crippen molar-refractivity contribution in [3.8, 4) is 0 Å². The van der Waals surface area contributed by atoms with Crippen LogP contribution >= 0.6 is 0 Å². The number of ether oxygens (including phenoxy) is 1. The Morgan fingerprint density at radius 3 is 3.00 bits per heavy atom. The third-order valence-electron chi connectivity index (χ3n) is 2.94. The Bertz CT molecular complexity index is 354. The van der Waals surface area contributed by atoms with E-state index in [1.165, 1.54) is 0 Å². The summed E-state index contributed by atoms with van der Waals surface area (Å²) in [4.78, 5) is 10.8. The highest BCUT2D eigenvalue weighted by atomic mass is 16.5. The maximum Gasteiger partial charge on any atom is 0.224 e. The van der Waals surface area contributed by atoms with E-state index in [2.05, 4.69) is 25.5 Å². The van der Waals surface area contributed by atoms with E-state index >= 15 is 0 Å². The molecule has 0 aromatic carbocycles. The smallest absolute Gasteiger partial charge is 0.224 e. The molecular formula is C12H21N5O. The molecule has 1 fully saturated rings. The summed E-state index contributed by atoms with van der Waals surface area (Å²) in [6.07, 6.45) is 2.86. The van der Waals surface area contributed by atoms with E-state index in [4.69, 9.17) is 4.74 Å². The van der Waals surface area contributed by atoms with E-state index in [1.54, 1.807) is 6.20 Å². The number of nitrogens with zero attached hydrogens (tertiary/aromatic N) is 3. The highest BCUT2D eigenvalue weighted by Crippen LogP contribution is 2.05. The van der Waals surface area contributed by atoms with Gasteiger partial charge in [0.2, 0.25) is 5.95 Å². The van der Waals surface area contributed by atoms with Crippen molar-refractivity contribution in [2.24, 2.45) is 0 Å². The molecule has 1 aromatic rings. The normalized spacial score (nSPS) is 16.5. The summed E-state index contributed by atoms with van der Waals surface area (Å²) < 4.78 is 5.32. The van der Waals surface area contributed by atoms with Gasteiger partial charge >= 0.3 is 0 Å². The number of morpholine rings is 1. The molecule has 100 valence electrons. The fourth-order valence-corrected chi connectivity index (χ4v) is 1.92. The molecule has 1 saturated heterocycles. The Morgan fingerprint density at radius 2 is 2.22 bits per heavy atom. The summed E-state index contributed by atoms with van der Waals surface area (Å²) in [5.41, 5.74) is 0. The SMILES string of the molecule is CNc1nccc(NCCCN2CCOCC2)n1. The maximum atomic E-state index is 5.32. The number of anilines is 2. The molecule has 1 aliphatic heterocycles. The molecule has 0 radical (unpaired) electrons. The highest BCUT2D eigenvalue weighted by molar-refractivity contribution is 5.38. The van der Waals surface area contributed by atoms with Crippen molar-refractivity contribution in [1.82, 2.24) is 14.9 Å². The van der Waals surface area contributed by atoms with E-state index < -0.39 is 0 Å². The zero-order chi connectivity index (χ0) is 12.6. The molecule has 6 nitrogen and oxygen atoms in total. The van der Waals surface area contributed by atoms with Crippen molar-refractivity contribution in [3.63, 3.8) is 0 Å². The van der Waals surface area contributed by atoms with Gasteiger partial charge in [-0.2, -0.15) is 4.98 Å². The topological polar surface area (TPSA) is 62.3 Å². The number of aromatic nitrogens is 2. The van der Waals surface area contributed by atoms with Crippen LogP contribution in [0.15, 0.2) is 12.3 Å². The number of hydrogen-bond acceptors (Lipinski definition) is 6. The molecule has 0 aliphatic carbocycles. The van der Waals surface area contributed by atoms with Crippen LogP contribution in [-0.2, 0) is 4.74 Å². The number of nitrogens with one attached hydrogen (secondary N) is 2. The lowest BCUT2D eigenvalue weighted by Crippen LogP contribution is -2.37. The Labute approximate surface area is 108 Å². The van der Waals surface area contributed by atoms with E-state index in [9.17, 15) is 0 Å². The van der Waals surface area contributed by atoms with Gasteiger partial charge in [0.25, 0.3) is 0 Å². The molecule has 18 heavy (non-hydrogen) atoms. The second-order valence-electron chi connectivity index (χ2n) is 4.25. The van der Waals surface area contributed by atoms with Crippen molar-refractivity contribution in [2.45, 2.75) is 6.42 Å².